The molecule has 1 N–H and O–H groups in total. The third-order valence-corrected chi connectivity index (χ3v) is 4.10. The average Bonchev–Trinajstić information content (AvgIpc) is 2.97. The molecule has 2 rings (SSSR count). The Morgan fingerprint density at radius 1 is 1.41 bits per heavy atom. The summed E-state index contributed by atoms with van der Waals surface area (Å²) in [6.45, 7) is 8.81. The summed E-state index contributed by atoms with van der Waals surface area (Å²) in [5.41, 5.74) is 2.96. The van der Waals surface area contributed by atoms with Gasteiger partial charge >= 0.3 is 0 Å². The summed E-state index contributed by atoms with van der Waals surface area (Å²) >= 11 is 0. The highest BCUT2D eigenvalue weighted by Gasteiger charge is 2.32. The van der Waals surface area contributed by atoms with Crippen LogP contribution in [-0.4, -0.2) is 21.9 Å². The van der Waals surface area contributed by atoms with Crippen LogP contribution in [0.15, 0.2) is 6.07 Å². The molecule has 0 bridgehead atoms. The van der Waals surface area contributed by atoms with Gasteiger partial charge in [-0.3, -0.25) is 4.68 Å². The highest BCUT2D eigenvalue weighted by molar-refractivity contribution is 5.15. The van der Waals surface area contributed by atoms with Gasteiger partial charge in [0.2, 0.25) is 0 Å². The van der Waals surface area contributed by atoms with Gasteiger partial charge in [-0.05, 0) is 45.2 Å². The Morgan fingerprint density at radius 2 is 2.24 bits per heavy atom. The second-order valence-electron chi connectivity index (χ2n) is 5.14. The van der Waals surface area contributed by atoms with Crippen molar-refractivity contribution in [2.24, 2.45) is 0 Å². The molecule has 0 amide bonds. The van der Waals surface area contributed by atoms with Crippen molar-refractivity contribution in [2.75, 3.05) is 6.54 Å². The lowest BCUT2D eigenvalue weighted by Crippen LogP contribution is -2.41. The molecule has 96 valence electrons. The van der Waals surface area contributed by atoms with Gasteiger partial charge in [0.15, 0.2) is 0 Å². The topological polar surface area (TPSA) is 29.9 Å². The Hall–Kier alpha value is -0.830. The first-order chi connectivity index (χ1) is 8.23. The molecular weight excluding hydrogens is 210 g/mol. The molecule has 1 aromatic rings. The predicted molar refractivity (Wildman–Crippen MR) is 71.2 cm³/mol. The summed E-state index contributed by atoms with van der Waals surface area (Å²) in [6, 6.07) is 2.29. The van der Waals surface area contributed by atoms with Crippen molar-refractivity contribution in [3.8, 4) is 0 Å². The molecule has 1 aliphatic rings. The van der Waals surface area contributed by atoms with E-state index in [1.807, 2.05) is 0 Å². The monoisotopic (exact) mass is 235 g/mol. The maximum atomic E-state index is 4.64. The molecule has 3 nitrogen and oxygen atoms in total. The van der Waals surface area contributed by atoms with Gasteiger partial charge in [-0.15, -0.1) is 0 Å². The van der Waals surface area contributed by atoms with Crippen LogP contribution < -0.4 is 5.32 Å². The maximum Gasteiger partial charge on any atom is 0.0624 e. The minimum absolute atomic E-state index is 0.331. The summed E-state index contributed by atoms with van der Waals surface area (Å²) in [7, 11) is 0. The first-order valence-electron chi connectivity index (χ1n) is 7.03. The zero-order valence-electron chi connectivity index (χ0n) is 11.4. The van der Waals surface area contributed by atoms with Crippen molar-refractivity contribution >= 4 is 0 Å². The van der Waals surface area contributed by atoms with Gasteiger partial charge in [-0.1, -0.05) is 13.8 Å². The Morgan fingerprint density at radius 3 is 2.76 bits per heavy atom. The molecule has 1 saturated heterocycles. The largest absolute Gasteiger partial charge is 0.311 e. The summed E-state index contributed by atoms with van der Waals surface area (Å²) < 4.78 is 2.18. The lowest BCUT2D eigenvalue weighted by Gasteiger charge is -2.28. The molecule has 1 unspecified atom stereocenters. The van der Waals surface area contributed by atoms with Gasteiger partial charge in [0.05, 0.1) is 5.69 Å². The van der Waals surface area contributed by atoms with Gasteiger partial charge in [0, 0.05) is 24.2 Å². The molecule has 17 heavy (non-hydrogen) atoms. The third-order valence-electron chi connectivity index (χ3n) is 4.10. The van der Waals surface area contributed by atoms with Crippen LogP contribution in [0.1, 0.15) is 51.4 Å². The van der Waals surface area contributed by atoms with E-state index in [1.165, 1.54) is 37.2 Å². The minimum atomic E-state index is 0.331. The fraction of sp³-hybridized carbons (Fsp3) is 0.786. The Bertz CT molecular complexity index is 362. The summed E-state index contributed by atoms with van der Waals surface area (Å²) in [6.07, 6.45) is 5.99. The molecule has 1 aliphatic heterocycles. The number of aromatic nitrogens is 2. The fourth-order valence-corrected chi connectivity index (χ4v) is 2.90. The summed E-state index contributed by atoms with van der Waals surface area (Å²) in [5.74, 6) is 0. The maximum absolute atomic E-state index is 4.64. The molecule has 0 spiro atoms. The fourth-order valence-electron chi connectivity index (χ4n) is 2.90. The third kappa shape index (κ3) is 2.54. The Labute approximate surface area is 105 Å². The molecule has 0 saturated carbocycles. The molecule has 1 atom stereocenters. The quantitative estimate of drug-likeness (QED) is 0.850. The van der Waals surface area contributed by atoms with Crippen molar-refractivity contribution in [1.82, 2.24) is 15.1 Å². The number of aryl methyl sites for hydroxylation is 2. The Kier molecular flexibility index (Phi) is 3.87. The second-order valence-corrected chi connectivity index (χ2v) is 5.14. The number of hydrogen-bond donors (Lipinski definition) is 1. The van der Waals surface area contributed by atoms with Crippen LogP contribution >= 0.6 is 0 Å². The van der Waals surface area contributed by atoms with Crippen molar-refractivity contribution in [1.29, 1.82) is 0 Å². The van der Waals surface area contributed by atoms with Gasteiger partial charge < -0.3 is 5.32 Å². The summed E-state index contributed by atoms with van der Waals surface area (Å²) in [4.78, 5) is 0. The van der Waals surface area contributed by atoms with E-state index in [-0.39, 0.29) is 0 Å². The zero-order chi connectivity index (χ0) is 12.3. The van der Waals surface area contributed by atoms with Gasteiger partial charge in [-0.25, -0.2) is 0 Å². The summed E-state index contributed by atoms with van der Waals surface area (Å²) in [5, 5.41) is 8.35. The van der Waals surface area contributed by atoms with Crippen LogP contribution in [0, 0.1) is 0 Å². The van der Waals surface area contributed by atoms with Gasteiger partial charge in [0.1, 0.15) is 0 Å². The second kappa shape index (κ2) is 5.21. The first kappa shape index (κ1) is 12.6. The first-order valence-corrected chi connectivity index (χ1v) is 7.03. The minimum Gasteiger partial charge on any atom is -0.311 e. The van der Waals surface area contributed by atoms with Crippen LogP contribution in [-0.2, 0) is 19.4 Å². The van der Waals surface area contributed by atoms with E-state index in [2.05, 4.69) is 41.9 Å². The van der Waals surface area contributed by atoms with Crippen molar-refractivity contribution in [2.45, 2.75) is 65.0 Å². The lowest BCUT2D eigenvalue weighted by atomic mass is 9.89. The highest BCUT2D eigenvalue weighted by Crippen LogP contribution is 2.27. The van der Waals surface area contributed by atoms with E-state index in [0.717, 1.165) is 19.4 Å². The van der Waals surface area contributed by atoms with Crippen LogP contribution in [0.5, 0.6) is 0 Å². The normalized spacial score (nSPS) is 24.4. The van der Waals surface area contributed by atoms with E-state index in [1.54, 1.807) is 0 Å². The SMILES string of the molecule is CCc1cc(CC2(CC)CCCN2)n(CC)n1. The average molecular weight is 235 g/mol. The number of nitrogens with zero attached hydrogens (tertiary/aromatic N) is 2. The zero-order valence-corrected chi connectivity index (χ0v) is 11.4. The predicted octanol–water partition coefficient (Wildman–Crippen LogP) is 2.54. The van der Waals surface area contributed by atoms with E-state index in [9.17, 15) is 0 Å². The van der Waals surface area contributed by atoms with E-state index in [4.69, 9.17) is 0 Å². The lowest BCUT2D eigenvalue weighted by molar-refractivity contribution is 0.349. The molecule has 1 aromatic heterocycles. The number of rotatable bonds is 5. The highest BCUT2D eigenvalue weighted by atomic mass is 15.3. The van der Waals surface area contributed by atoms with E-state index in [0.29, 0.717) is 5.54 Å². The van der Waals surface area contributed by atoms with Crippen LogP contribution in [0.3, 0.4) is 0 Å². The van der Waals surface area contributed by atoms with Crippen molar-refractivity contribution < 1.29 is 0 Å². The smallest absolute Gasteiger partial charge is 0.0624 e. The number of hydrogen-bond acceptors (Lipinski definition) is 2. The molecule has 0 aromatic carbocycles. The number of nitrogens with one attached hydrogen (secondary N) is 1. The molecule has 1 fully saturated rings. The van der Waals surface area contributed by atoms with Crippen LogP contribution in [0.2, 0.25) is 0 Å². The van der Waals surface area contributed by atoms with Gasteiger partial charge in [0.25, 0.3) is 0 Å². The standard InChI is InChI=1S/C14H25N3/c1-4-12-10-13(17(6-3)16-12)11-14(5-2)8-7-9-15-14/h10,15H,4-9,11H2,1-3H3. The van der Waals surface area contributed by atoms with Crippen molar-refractivity contribution in [3.05, 3.63) is 17.5 Å². The molecule has 0 aliphatic carbocycles. The molecule has 3 heteroatoms. The molecule has 2 heterocycles. The molecule has 0 radical (unpaired) electrons. The van der Waals surface area contributed by atoms with Gasteiger partial charge in [-0.2, -0.15) is 5.10 Å². The van der Waals surface area contributed by atoms with Crippen molar-refractivity contribution in [3.63, 3.8) is 0 Å². The van der Waals surface area contributed by atoms with E-state index < -0.39 is 0 Å². The van der Waals surface area contributed by atoms with Crippen LogP contribution in [0.25, 0.3) is 0 Å². The Balaban J connectivity index is 2.18. The van der Waals surface area contributed by atoms with E-state index >= 15 is 0 Å². The molecular formula is C14H25N3. The van der Waals surface area contributed by atoms with Crippen LogP contribution in [0.4, 0.5) is 0 Å².